The number of nitrogens with one attached hydrogen (secondary N) is 2. The molecule has 13 heteroatoms. The lowest BCUT2D eigenvalue weighted by molar-refractivity contribution is -0.192. The molecule has 0 aliphatic carbocycles. The number of carboxylic acid groups (broad SMARTS) is 1. The van der Waals surface area contributed by atoms with Crippen molar-refractivity contribution in [2.24, 2.45) is 0 Å². The second kappa shape index (κ2) is 11.7. The van der Waals surface area contributed by atoms with Gasteiger partial charge in [-0.1, -0.05) is 46.3 Å². The number of carbonyl (C=O) groups is 2. The first-order valence-corrected chi connectivity index (χ1v) is 10.3. The third-order valence-corrected chi connectivity index (χ3v) is 4.95. The van der Waals surface area contributed by atoms with Gasteiger partial charge < -0.3 is 15.7 Å². The highest BCUT2D eigenvalue weighted by atomic mass is 79.9. The van der Waals surface area contributed by atoms with Crippen molar-refractivity contribution in [1.82, 2.24) is 10.3 Å². The maximum atomic E-state index is 12.9. The van der Waals surface area contributed by atoms with Crippen molar-refractivity contribution >= 4 is 33.6 Å². The van der Waals surface area contributed by atoms with Crippen molar-refractivity contribution in [2.45, 2.75) is 18.4 Å². The van der Waals surface area contributed by atoms with Gasteiger partial charge in [-0.2, -0.15) is 26.3 Å². The summed E-state index contributed by atoms with van der Waals surface area (Å²) in [6.45, 7) is 0. The van der Waals surface area contributed by atoms with Crippen LogP contribution in [0.5, 0.6) is 0 Å². The summed E-state index contributed by atoms with van der Waals surface area (Å²) < 4.78 is 71.1. The highest BCUT2D eigenvalue weighted by Crippen LogP contribution is 2.33. The Morgan fingerprint density at radius 2 is 1.51 bits per heavy atom. The fraction of sp³-hybridized carbons (Fsp3) is 0.136. The SMILES string of the molecule is O=C(Nc1cccnc1)N[C@@H](c1ccc(C(F)(F)F)cc1)c1ccccc1Br.O=C(O)C(F)(F)F. The third-order valence-electron chi connectivity index (χ3n) is 4.22. The van der Waals surface area contributed by atoms with Crippen LogP contribution >= 0.6 is 15.9 Å². The largest absolute Gasteiger partial charge is 0.490 e. The van der Waals surface area contributed by atoms with Gasteiger partial charge in [-0.05, 0) is 41.5 Å². The van der Waals surface area contributed by atoms with Gasteiger partial charge in [0.15, 0.2) is 0 Å². The van der Waals surface area contributed by atoms with Crippen LogP contribution in [0.15, 0.2) is 77.5 Å². The second-order valence-corrected chi connectivity index (χ2v) is 7.57. The molecule has 0 unspecified atom stereocenters. The molecule has 35 heavy (non-hydrogen) atoms. The van der Waals surface area contributed by atoms with Crippen LogP contribution in [0.2, 0.25) is 0 Å². The molecular formula is C22H16BrF6N3O3. The monoisotopic (exact) mass is 563 g/mol. The minimum absolute atomic E-state index is 0.498. The molecule has 0 radical (unpaired) electrons. The summed E-state index contributed by atoms with van der Waals surface area (Å²) in [7, 11) is 0. The molecule has 0 aliphatic rings. The second-order valence-electron chi connectivity index (χ2n) is 6.72. The Labute approximate surface area is 203 Å². The van der Waals surface area contributed by atoms with Crippen molar-refractivity contribution in [3.63, 3.8) is 0 Å². The molecule has 1 atom stereocenters. The van der Waals surface area contributed by atoms with Gasteiger partial charge in [0.05, 0.1) is 23.5 Å². The van der Waals surface area contributed by atoms with Crippen LogP contribution in [0.3, 0.4) is 0 Å². The molecule has 0 spiro atoms. The molecular weight excluding hydrogens is 548 g/mol. The summed E-state index contributed by atoms with van der Waals surface area (Å²) >= 11 is 3.44. The van der Waals surface area contributed by atoms with Crippen LogP contribution in [-0.4, -0.2) is 28.3 Å². The first kappa shape index (κ1) is 27.6. The maximum Gasteiger partial charge on any atom is 0.490 e. The summed E-state index contributed by atoms with van der Waals surface area (Å²) in [6, 6.07) is 14.1. The van der Waals surface area contributed by atoms with Crippen molar-refractivity contribution in [3.05, 3.63) is 94.2 Å². The topological polar surface area (TPSA) is 91.3 Å². The standard InChI is InChI=1S/C20H15BrF3N3O.C2HF3O2/c21-17-6-2-1-5-16(17)18(13-7-9-14(10-8-13)20(22,23)24)27-19(28)26-15-4-3-11-25-12-15;3-2(4,5)1(6)7/h1-12,18H,(H2,26,27,28);(H,6,7)/t18-;/m0./s1. The molecule has 0 fully saturated rings. The van der Waals surface area contributed by atoms with Crippen LogP contribution in [0, 0.1) is 0 Å². The molecule has 0 saturated heterocycles. The lowest BCUT2D eigenvalue weighted by atomic mass is 9.97. The molecule has 3 aromatic rings. The lowest BCUT2D eigenvalue weighted by Crippen LogP contribution is -2.33. The highest BCUT2D eigenvalue weighted by Gasteiger charge is 2.38. The molecule has 1 heterocycles. The third kappa shape index (κ3) is 8.59. The number of benzene rings is 2. The molecule has 2 amide bonds. The molecule has 186 valence electrons. The number of aromatic nitrogens is 1. The van der Waals surface area contributed by atoms with Crippen LogP contribution in [0.25, 0.3) is 0 Å². The van der Waals surface area contributed by atoms with Crippen LogP contribution in [0.4, 0.5) is 36.8 Å². The molecule has 0 saturated carbocycles. The Hall–Kier alpha value is -3.61. The fourth-order valence-corrected chi connectivity index (χ4v) is 3.16. The minimum atomic E-state index is -5.08. The van der Waals surface area contributed by atoms with E-state index < -0.39 is 36.0 Å². The predicted octanol–water partition coefficient (Wildman–Crippen LogP) is 6.41. The van der Waals surface area contributed by atoms with Crippen molar-refractivity contribution in [1.29, 1.82) is 0 Å². The normalized spacial score (nSPS) is 12.1. The number of urea groups is 1. The van der Waals surface area contributed by atoms with Crippen LogP contribution < -0.4 is 10.6 Å². The van der Waals surface area contributed by atoms with Crippen molar-refractivity contribution in [2.75, 3.05) is 5.32 Å². The Bertz CT molecular complexity index is 1140. The number of nitrogens with zero attached hydrogens (tertiary/aromatic N) is 1. The van der Waals surface area contributed by atoms with Crippen molar-refractivity contribution < 1.29 is 41.0 Å². The van der Waals surface area contributed by atoms with Gasteiger partial charge in [-0.25, -0.2) is 9.59 Å². The summed E-state index contributed by atoms with van der Waals surface area (Å²) in [6.07, 6.45) is -6.44. The Morgan fingerprint density at radius 1 is 0.914 bits per heavy atom. The number of rotatable bonds is 4. The van der Waals surface area contributed by atoms with Gasteiger partial charge in [0.1, 0.15) is 0 Å². The van der Waals surface area contributed by atoms with E-state index in [0.717, 1.165) is 16.6 Å². The van der Waals surface area contributed by atoms with Gasteiger partial charge >= 0.3 is 24.4 Å². The molecule has 0 aliphatic heterocycles. The van der Waals surface area contributed by atoms with Gasteiger partial charge in [-0.3, -0.25) is 4.98 Å². The lowest BCUT2D eigenvalue weighted by Gasteiger charge is -2.22. The first-order chi connectivity index (χ1) is 16.3. The van der Waals surface area contributed by atoms with E-state index in [1.807, 2.05) is 6.07 Å². The number of pyridine rings is 1. The van der Waals surface area contributed by atoms with Gasteiger partial charge in [0.2, 0.25) is 0 Å². The van der Waals surface area contributed by atoms with E-state index in [2.05, 4.69) is 31.5 Å². The average Bonchev–Trinajstić information content (AvgIpc) is 2.78. The fourth-order valence-electron chi connectivity index (χ4n) is 2.65. The first-order valence-electron chi connectivity index (χ1n) is 9.48. The molecule has 3 N–H and O–H groups in total. The summed E-state index contributed by atoms with van der Waals surface area (Å²) in [5, 5.41) is 12.6. The van der Waals surface area contributed by atoms with E-state index in [9.17, 15) is 31.1 Å². The molecule has 6 nitrogen and oxygen atoms in total. The van der Waals surface area contributed by atoms with E-state index in [1.54, 1.807) is 36.5 Å². The minimum Gasteiger partial charge on any atom is -0.475 e. The average molecular weight is 564 g/mol. The van der Waals surface area contributed by atoms with E-state index in [-0.39, 0.29) is 0 Å². The van der Waals surface area contributed by atoms with Crippen LogP contribution in [-0.2, 0) is 11.0 Å². The van der Waals surface area contributed by atoms with Crippen LogP contribution in [0.1, 0.15) is 22.7 Å². The number of hydrogen-bond donors (Lipinski definition) is 3. The number of amides is 2. The van der Waals surface area contributed by atoms with E-state index in [0.29, 0.717) is 16.8 Å². The number of alkyl halides is 6. The molecule has 2 aromatic carbocycles. The van der Waals surface area contributed by atoms with E-state index in [1.165, 1.54) is 18.3 Å². The number of carbonyl (C=O) groups excluding carboxylic acids is 1. The summed E-state index contributed by atoms with van der Waals surface area (Å²) in [5.41, 5.74) is 0.977. The zero-order valence-electron chi connectivity index (χ0n) is 17.4. The number of aliphatic carboxylic acids is 1. The zero-order chi connectivity index (χ0) is 26.2. The molecule has 1 aromatic heterocycles. The Balaban J connectivity index is 0.000000540. The smallest absolute Gasteiger partial charge is 0.475 e. The molecule has 3 rings (SSSR count). The van der Waals surface area contributed by atoms with Gasteiger partial charge in [0.25, 0.3) is 0 Å². The number of carboxylic acids is 1. The van der Waals surface area contributed by atoms with Crippen molar-refractivity contribution in [3.8, 4) is 0 Å². The van der Waals surface area contributed by atoms with E-state index >= 15 is 0 Å². The number of hydrogen-bond acceptors (Lipinski definition) is 3. The predicted molar refractivity (Wildman–Crippen MR) is 118 cm³/mol. The summed E-state index contributed by atoms with van der Waals surface area (Å²) in [4.78, 5) is 25.3. The Kier molecular flexibility index (Phi) is 9.23. The Morgan fingerprint density at radius 3 is 2.00 bits per heavy atom. The molecule has 0 bridgehead atoms. The highest BCUT2D eigenvalue weighted by molar-refractivity contribution is 9.10. The quantitative estimate of drug-likeness (QED) is 0.320. The summed E-state index contributed by atoms with van der Waals surface area (Å²) in [5.74, 6) is -2.76. The number of halogens is 7. The maximum absolute atomic E-state index is 12.9. The van der Waals surface area contributed by atoms with Gasteiger partial charge in [-0.15, -0.1) is 0 Å². The van der Waals surface area contributed by atoms with E-state index in [4.69, 9.17) is 9.90 Å². The van der Waals surface area contributed by atoms with Gasteiger partial charge in [0, 0.05) is 10.7 Å². The zero-order valence-corrected chi connectivity index (χ0v) is 18.9. The number of anilines is 1.